The minimum atomic E-state index is -0.285. The Kier molecular flexibility index (Phi) is 5.10. The summed E-state index contributed by atoms with van der Waals surface area (Å²) in [7, 11) is 0. The van der Waals surface area contributed by atoms with Gasteiger partial charge in [0.15, 0.2) is 0 Å². The number of carbonyl (C=O) groups is 1. The Labute approximate surface area is 115 Å². The van der Waals surface area contributed by atoms with Gasteiger partial charge in [0.2, 0.25) is 5.91 Å². The van der Waals surface area contributed by atoms with Gasteiger partial charge in [0, 0.05) is 44.1 Å². The van der Waals surface area contributed by atoms with Gasteiger partial charge >= 0.3 is 0 Å². The molecule has 0 spiro atoms. The van der Waals surface area contributed by atoms with Crippen LogP contribution in [0.3, 0.4) is 0 Å². The van der Waals surface area contributed by atoms with Crippen LogP contribution in [0.5, 0.6) is 0 Å². The first-order valence-electron chi connectivity index (χ1n) is 6.53. The summed E-state index contributed by atoms with van der Waals surface area (Å²) in [6.07, 6.45) is 0.753. The van der Waals surface area contributed by atoms with E-state index in [4.69, 9.17) is 18.0 Å². The first-order chi connectivity index (χ1) is 8.21. The van der Waals surface area contributed by atoms with Crippen molar-refractivity contribution < 1.29 is 4.79 Å². The van der Waals surface area contributed by atoms with E-state index in [0.29, 0.717) is 11.0 Å². The van der Waals surface area contributed by atoms with Crippen molar-refractivity contribution in [3.05, 3.63) is 0 Å². The van der Waals surface area contributed by atoms with Gasteiger partial charge in [-0.15, -0.1) is 0 Å². The number of hydrogen-bond acceptors (Lipinski definition) is 3. The maximum absolute atomic E-state index is 12.1. The third-order valence-electron chi connectivity index (χ3n) is 3.36. The highest BCUT2D eigenvalue weighted by atomic mass is 32.1. The van der Waals surface area contributed by atoms with E-state index in [0.717, 1.165) is 32.6 Å². The van der Waals surface area contributed by atoms with Gasteiger partial charge in [0.05, 0.1) is 4.99 Å². The van der Waals surface area contributed by atoms with Crippen molar-refractivity contribution in [2.75, 3.05) is 26.2 Å². The molecule has 1 atom stereocenters. The lowest BCUT2D eigenvalue weighted by atomic mass is 9.94. The topological polar surface area (TPSA) is 49.6 Å². The molecule has 1 aliphatic heterocycles. The molecule has 1 unspecified atom stereocenters. The lowest BCUT2D eigenvalue weighted by Crippen LogP contribution is -2.53. The number of nitrogens with zero attached hydrogens (tertiary/aromatic N) is 2. The van der Waals surface area contributed by atoms with Crippen LogP contribution in [0.15, 0.2) is 0 Å². The Hall–Kier alpha value is -0.680. The van der Waals surface area contributed by atoms with E-state index in [1.54, 1.807) is 0 Å². The van der Waals surface area contributed by atoms with E-state index in [9.17, 15) is 4.79 Å². The third kappa shape index (κ3) is 4.21. The van der Waals surface area contributed by atoms with Crippen molar-refractivity contribution in [3.63, 3.8) is 0 Å². The predicted molar refractivity (Wildman–Crippen MR) is 78.5 cm³/mol. The molecule has 1 fully saturated rings. The van der Waals surface area contributed by atoms with Crippen LogP contribution in [-0.4, -0.2) is 52.9 Å². The van der Waals surface area contributed by atoms with Gasteiger partial charge in [0.25, 0.3) is 0 Å². The number of nitrogens with two attached hydrogens (primary N) is 1. The zero-order valence-electron chi connectivity index (χ0n) is 11.9. The molecule has 1 rings (SSSR count). The van der Waals surface area contributed by atoms with Gasteiger partial charge in [0.1, 0.15) is 0 Å². The number of carbonyl (C=O) groups excluding carboxylic acids is 1. The maximum Gasteiger partial charge on any atom is 0.228 e. The molecule has 0 aromatic carbocycles. The van der Waals surface area contributed by atoms with Crippen LogP contribution in [-0.2, 0) is 4.79 Å². The highest BCUT2D eigenvalue weighted by Crippen LogP contribution is 2.19. The quantitative estimate of drug-likeness (QED) is 0.785. The molecule has 1 amide bonds. The Morgan fingerprint density at radius 3 is 2.17 bits per heavy atom. The lowest BCUT2D eigenvalue weighted by Gasteiger charge is -2.40. The molecule has 5 heteroatoms. The van der Waals surface area contributed by atoms with Crippen LogP contribution >= 0.6 is 12.2 Å². The smallest absolute Gasteiger partial charge is 0.228 e. The number of hydrogen-bond donors (Lipinski definition) is 1. The van der Waals surface area contributed by atoms with E-state index < -0.39 is 0 Å². The van der Waals surface area contributed by atoms with E-state index in [2.05, 4.69) is 11.8 Å². The summed E-state index contributed by atoms with van der Waals surface area (Å²) in [6, 6.07) is 0.370. The minimum absolute atomic E-state index is 0.240. The molecule has 0 saturated carbocycles. The number of rotatable bonds is 3. The molecule has 1 aliphatic rings. The average molecular weight is 271 g/mol. The Bertz CT molecular complexity index is 317. The molecule has 0 aromatic rings. The van der Waals surface area contributed by atoms with Crippen molar-refractivity contribution >= 4 is 23.1 Å². The summed E-state index contributed by atoms with van der Waals surface area (Å²) in [5.41, 5.74) is 5.29. The third-order valence-corrected chi connectivity index (χ3v) is 3.53. The van der Waals surface area contributed by atoms with Gasteiger partial charge in [-0.2, -0.15) is 0 Å². The molecule has 1 heterocycles. The van der Waals surface area contributed by atoms with Crippen molar-refractivity contribution in [1.82, 2.24) is 9.80 Å². The second-order valence-electron chi connectivity index (χ2n) is 6.10. The molecule has 0 bridgehead atoms. The fourth-order valence-electron chi connectivity index (χ4n) is 2.26. The second kappa shape index (κ2) is 5.97. The monoisotopic (exact) mass is 271 g/mol. The number of thiocarbonyl (C=S) groups is 1. The predicted octanol–water partition coefficient (Wildman–Crippen LogP) is 1.24. The molecular formula is C13H25N3OS. The van der Waals surface area contributed by atoms with E-state index in [1.807, 2.05) is 25.7 Å². The number of amides is 1. The highest BCUT2D eigenvalue weighted by Gasteiger charge is 2.30. The summed E-state index contributed by atoms with van der Waals surface area (Å²) in [5, 5.41) is 0. The van der Waals surface area contributed by atoms with Crippen LogP contribution < -0.4 is 5.73 Å². The molecule has 4 nitrogen and oxygen atoms in total. The Balaban J connectivity index is 2.46. The molecule has 0 radical (unpaired) electrons. The summed E-state index contributed by atoms with van der Waals surface area (Å²) >= 11 is 4.94. The Morgan fingerprint density at radius 2 is 1.78 bits per heavy atom. The van der Waals surface area contributed by atoms with E-state index in [1.165, 1.54) is 0 Å². The molecule has 0 aromatic heterocycles. The molecule has 0 aliphatic carbocycles. The van der Waals surface area contributed by atoms with Crippen LogP contribution in [0.1, 0.15) is 34.1 Å². The first kappa shape index (κ1) is 15.4. The zero-order chi connectivity index (χ0) is 13.9. The van der Waals surface area contributed by atoms with Crippen LogP contribution in [0, 0.1) is 5.41 Å². The van der Waals surface area contributed by atoms with Gasteiger partial charge in [-0.25, -0.2) is 0 Å². The SMILES string of the molecule is CC(CC(N)=S)N1CCN(C(=O)C(C)(C)C)CC1. The van der Waals surface area contributed by atoms with E-state index >= 15 is 0 Å². The van der Waals surface area contributed by atoms with Crippen molar-refractivity contribution in [2.45, 2.75) is 40.2 Å². The summed E-state index contributed by atoms with van der Waals surface area (Å²) in [4.78, 5) is 17.0. The van der Waals surface area contributed by atoms with Gasteiger partial charge in [-0.3, -0.25) is 9.69 Å². The molecular weight excluding hydrogens is 246 g/mol. The highest BCUT2D eigenvalue weighted by molar-refractivity contribution is 7.80. The normalized spacial score (nSPS) is 19.7. The van der Waals surface area contributed by atoms with Gasteiger partial charge in [-0.1, -0.05) is 33.0 Å². The summed E-state index contributed by atoms with van der Waals surface area (Å²) in [5.74, 6) is 0.240. The first-order valence-corrected chi connectivity index (χ1v) is 6.94. The van der Waals surface area contributed by atoms with Crippen LogP contribution in [0.25, 0.3) is 0 Å². The maximum atomic E-state index is 12.1. The van der Waals surface area contributed by atoms with Crippen molar-refractivity contribution in [1.29, 1.82) is 0 Å². The summed E-state index contributed by atoms with van der Waals surface area (Å²) in [6.45, 7) is 11.5. The summed E-state index contributed by atoms with van der Waals surface area (Å²) < 4.78 is 0. The minimum Gasteiger partial charge on any atom is -0.393 e. The molecule has 2 N–H and O–H groups in total. The van der Waals surface area contributed by atoms with Gasteiger partial charge in [-0.05, 0) is 6.92 Å². The van der Waals surface area contributed by atoms with Crippen molar-refractivity contribution in [2.24, 2.45) is 11.1 Å². The molecule has 104 valence electrons. The van der Waals surface area contributed by atoms with Crippen LogP contribution in [0.4, 0.5) is 0 Å². The largest absolute Gasteiger partial charge is 0.393 e. The zero-order valence-corrected chi connectivity index (χ0v) is 12.7. The van der Waals surface area contributed by atoms with Crippen molar-refractivity contribution in [3.8, 4) is 0 Å². The number of piperazine rings is 1. The lowest BCUT2D eigenvalue weighted by molar-refractivity contribution is -0.141. The average Bonchev–Trinajstić information content (AvgIpc) is 2.26. The fourth-order valence-corrected chi connectivity index (χ4v) is 2.50. The van der Waals surface area contributed by atoms with E-state index in [-0.39, 0.29) is 11.3 Å². The Morgan fingerprint density at radius 1 is 1.28 bits per heavy atom. The molecule has 18 heavy (non-hydrogen) atoms. The van der Waals surface area contributed by atoms with Crippen LogP contribution in [0.2, 0.25) is 0 Å². The second-order valence-corrected chi connectivity index (χ2v) is 6.62. The molecule has 1 saturated heterocycles. The standard InChI is InChI=1S/C13H25N3OS/c1-10(9-11(14)18)15-5-7-16(8-6-15)12(17)13(2,3)4/h10H,5-9H2,1-4H3,(H2,14,18). The fraction of sp³-hybridized carbons (Fsp3) is 0.846. The van der Waals surface area contributed by atoms with Gasteiger partial charge < -0.3 is 10.6 Å².